The van der Waals surface area contributed by atoms with Gasteiger partial charge in [-0.25, -0.2) is 8.42 Å². The first-order valence-corrected chi connectivity index (χ1v) is 11.9. The molecule has 1 N–H and O–H groups in total. The van der Waals surface area contributed by atoms with Crippen molar-refractivity contribution in [3.05, 3.63) is 84.1 Å². The predicted octanol–water partition coefficient (Wildman–Crippen LogP) is 6.85. The molecule has 4 rings (SSSR count). The molecule has 0 aliphatic carbocycles. The number of nitrogens with zero attached hydrogens (tertiary/aromatic N) is 1. The van der Waals surface area contributed by atoms with Crippen LogP contribution < -0.4 is 0 Å². The molecular formula is C24H16F6N2O2S. The normalized spacial score (nSPS) is 12.7. The van der Waals surface area contributed by atoms with Crippen LogP contribution in [0.2, 0.25) is 0 Å². The van der Waals surface area contributed by atoms with Gasteiger partial charge in [-0.3, -0.25) is 5.10 Å². The van der Waals surface area contributed by atoms with Crippen molar-refractivity contribution in [1.82, 2.24) is 10.2 Å². The summed E-state index contributed by atoms with van der Waals surface area (Å²) in [4.78, 5) is 0.0741. The van der Waals surface area contributed by atoms with Gasteiger partial charge in [0.25, 0.3) is 0 Å². The van der Waals surface area contributed by atoms with Crippen molar-refractivity contribution in [2.45, 2.75) is 17.2 Å². The van der Waals surface area contributed by atoms with E-state index in [4.69, 9.17) is 0 Å². The van der Waals surface area contributed by atoms with Crippen LogP contribution in [0.15, 0.2) is 77.7 Å². The number of hydrogen-bond acceptors (Lipinski definition) is 3. The van der Waals surface area contributed by atoms with Crippen LogP contribution in [-0.4, -0.2) is 24.9 Å². The number of aromatic nitrogens is 2. The molecule has 1 heterocycles. The van der Waals surface area contributed by atoms with E-state index in [1.54, 1.807) is 24.3 Å². The van der Waals surface area contributed by atoms with E-state index in [2.05, 4.69) is 10.2 Å². The maximum Gasteiger partial charge on any atom is 0.435 e. The molecule has 11 heteroatoms. The zero-order valence-electron chi connectivity index (χ0n) is 17.9. The zero-order valence-corrected chi connectivity index (χ0v) is 18.7. The molecule has 0 bridgehead atoms. The lowest BCUT2D eigenvalue weighted by molar-refractivity contribution is -0.141. The second-order valence-electron chi connectivity index (χ2n) is 7.74. The monoisotopic (exact) mass is 510 g/mol. The lowest BCUT2D eigenvalue weighted by atomic mass is 9.92. The number of sulfone groups is 1. The largest absolute Gasteiger partial charge is 0.435 e. The summed E-state index contributed by atoms with van der Waals surface area (Å²) in [5.41, 5.74) is -1.51. The standard InChI is InChI=1S/C24H16F6N2O2S/c1-35(33,34)17-12-8-14(9-13-17)18-4-2-3-5-19(18)21-20(22(32-31-21)24(28,29)30)15-6-10-16(11-7-15)23(25,26)27/h2-13H,1H3,(H,31,32). The van der Waals surface area contributed by atoms with Gasteiger partial charge < -0.3 is 0 Å². The quantitative estimate of drug-likeness (QED) is 0.306. The van der Waals surface area contributed by atoms with E-state index in [1.807, 2.05) is 0 Å². The molecule has 35 heavy (non-hydrogen) atoms. The van der Waals surface area contributed by atoms with Gasteiger partial charge in [0.15, 0.2) is 15.5 Å². The number of halogens is 6. The fourth-order valence-electron chi connectivity index (χ4n) is 3.68. The third-order valence-corrected chi connectivity index (χ3v) is 6.45. The van der Waals surface area contributed by atoms with E-state index in [-0.39, 0.29) is 16.2 Å². The molecule has 4 aromatic rings. The van der Waals surface area contributed by atoms with Crippen LogP contribution in [0.5, 0.6) is 0 Å². The van der Waals surface area contributed by atoms with E-state index < -0.39 is 39.0 Å². The zero-order chi connectivity index (χ0) is 25.6. The molecular weight excluding hydrogens is 494 g/mol. The van der Waals surface area contributed by atoms with Crippen LogP contribution in [0.3, 0.4) is 0 Å². The van der Waals surface area contributed by atoms with Gasteiger partial charge in [-0.1, -0.05) is 48.5 Å². The minimum Gasteiger partial charge on any atom is -0.277 e. The first-order valence-electron chi connectivity index (χ1n) is 10.00. The molecule has 1 aromatic heterocycles. The van der Waals surface area contributed by atoms with Crippen LogP contribution in [-0.2, 0) is 22.2 Å². The van der Waals surface area contributed by atoms with Gasteiger partial charge >= 0.3 is 12.4 Å². The van der Waals surface area contributed by atoms with Crippen molar-refractivity contribution in [2.24, 2.45) is 0 Å². The number of rotatable bonds is 4. The maximum absolute atomic E-state index is 13.8. The molecule has 0 radical (unpaired) electrons. The summed E-state index contributed by atoms with van der Waals surface area (Å²) in [6.07, 6.45) is -8.47. The first kappa shape index (κ1) is 24.5. The van der Waals surface area contributed by atoms with Crippen LogP contribution >= 0.6 is 0 Å². The maximum atomic E-state index is 13.8. The summed E-state index contributed by atoms with van der Waals surface area (Å²) in [5.74, 6) is 0. The molecule has 0 amide bonds. The summed E-state index contributed by atoms with van der Waals surface area (Å²) in [7, 11) is -3.46. The Morgan fingerprint density at radius 1 is 0.714 bits per heavy atom. The van der Waals surface area contributed by atoms with Crippen molar-refractivity contribution >= 4 is 9.84 Å². The minimum atomic E-state index is -4.88. The third-order valence-electron chi connectivity index (χ3n) is 5.33. The highest BCUT2D eigenvalue weighted by Crippen LogP contribution is 2.44. The Kier molecular flexibility index (Phi) is 6.00. The molecule has 0 fully saturated rings. The van der Waals surface area contributed by atoms with Crippen LogP contribution in [0.4, 0.5) is 26.3 Å². The van der Waals surface area contributed by atoms with Crippen molar-refractivity contribution in [3.63, 3.8) is 0 Å². The van der Waals surface area contributed by atoms with Crippen molar-refractivity contribution in [3.8, 4) is 33.5 Å². The van der Waals surface area contributed by atoms with Gasteiger partial charge in [0.1, 0.15) is 0 Å². The molecule has 0 saturated carbocycles. The average Bonchev–Trinajstić information content (AvgIpc) is 3.24. The molecule has 182 valence electrons. The van der Waals surface area contributed by atoms with Gasteiger partial charge in [-0.05, 0) is 41.0 Å². The molecule has 0 aliphatic rings. The topological polar surface area (TPSA) is 62.8 Å². The highest BCUT2D eigenvalue weighted by atomic mass is 32.2. The highest BCUT2D eigenvalue weighted by molar-refractivity contribution is 7.90. The second kappa shape index (κ2) is 8.56. The first-order chi connectivity index (χ1) is 16.3. The van der Waals surface area contributed by atoms with Gasteiger partial charge in [-0.2, -0.15) is 31.4 Å². The van der Waals surface area contributed by atoms with E-state index in [0.29, 0.717) is 28.8 Å². The van der Waals surface area contributed by atoms with Gasteiger partial charge in [0.2, 0.25) is 0 Å². The highest BCUT2D eigenvalue weighted by Gasteiger charge is 2.39. The fraction of sp³-hybridized carbons (Fsp3) is 0.125. The summed E-state index contributed by atoms with van der Waals surface area (Å²) in [5, 5.41) is 5.84. The third kappa shape index (κ3) is 4.95. The number of H-pyrrole nitrogens is 1. The minimum absolute atomic E-state index is 0.0418. The number of aromatic amines is 1. The molecule has 0 saturated heterocycles. The van der Waals surface area contributed by atoms with Gasteiger partial charge in [-0.15, -0.1) is 0 Å². The molecule has 4 nitrogen and oxygen atoms in total. The van der Waals surface area contributed by atoms with Crippen LogP contribution in [0.25, 0.3) is 33.5 Å². The van der Waals surface area contributed by atoms with Crippen molar-refractivity contribution < 1.29 is 34.8 Å². The van der Waals surface area contributed by atoms with Crippen molar-refractivity contribution in [2.75, 3.05) is 6.26 Å². The Morgan fingerprint density at radius 2 is 1.26 bits per heavy atom. The number of hydrogen-bond donors (Lipinski definition) is 1. The summed E-state index contributed by atoms with van der Waals surface area (Å²) < 4.78 is 104. The summed E-state index contributed by atoms with van der Waals surface area (Å²) in [6.45, 7) is 0. The number of benzene rings is 3. The Hall–Kier alpha value is -3.60. The predicted molar refractivity (Wildman–Crippen MR) is 118 cm³/mol. The summed E-state index contributed by atoms with van der Waals surface area (Å²) >= 11 is 0. The van der Waals surface area contributed by atoms with Gasteiger partial charge in [0.05, 0.1) is 16.2 Å². The molecule has 3 aromatic carbocycles. The molecule has 0 unspecified atom stereocenters. The van der Waals surface area contributed by atoms with Gasteiger partial charge in [0, 0.05) is 17.4 Å². The Bertz CT molecular complexity index is 1470. The average molecular weight is 510 g/mol. The van der Waals surface area contributed by atoms with E-state index >= 15 is 0 Å². The lowest BCUT2D eigenvalue weighted by Crippen LogP contribution is -2.08. The molecule has 0 spiro atoms. The molecule has 0 aliphatic heterocycles. The SMILES string of the molecule is CS(=O)(=O)c1ccc(-c2ccccc2-c2[nH]nc(C(F)(F)F)c2-c2ccc(C(F)(F)F)cc2)cc1. The van der Waals surface area contributed by atoms with Crippen LogP contribution in [0, 0.1) is 0 Å². The van der Waals surface area contributed by atoms with E-state index in [9.17, 15) is 34.8 Å². The lowest BCUT2D eigenvalue weighted by Gasteiger charge is -2.13. The molecule has 0 atom stereocenters. The second-order valence-corrected chi connectivity index (χ2v) is 9.75. The number of alkyl halides is 6. The van der Waals surface area contributed by atoms with E-state index in [0.717, 1.165) is 18.4 Å². The fourth-order valence-corrected chi connectivity index (χ4v) is 4.31. The Morgan fingerprint density at radius 3 is 1.77 bits per heavy atom. The Labute approximate surface area is 196 Å². The smallest absolute Gasteiger partial charge is 0.277 e. The van der Waals surface area contributed by atoms with Crippen molar-refractivity contribution in [1.29, 1.82) is 0 Å². The Balaban J connectivity index is 1.91. The summed E-state index contributed by atoms with van der Waals surface area (Å²) in [6, 6.07) is 15.6. The number of nitrogens with one attached hydrogen (secondary N) is 1. The van der Waals surface area contributed by atoms with E-state index in [1.165, 1.54) is 24.3 Å². The van der Waals surface area contributed by atoms with Crippen LogP contribution in [0.1, 0.15) is 11.3 Å².